The Morgan fingerprint density at radius 1 is 0.466 bits per heavy atom. The number of imidazole rings is 2. The first-order chi connectivity index (χ1) is 63.6. The maximum absolute atomic E-state index is 10.0. The van der Waals surface area contributed by atoms with Crippen molar-refractivity contribution in [1.82, 2.24) is 28.6 Å². The second-order valence-electron chi connectivity index (χ2n) is 34.3. The van der Waals surface area contributed by atoms with Gasteiger partial charge in [0.25, 0.3) is 11.6 Å². The first kappa shape index (κ1) is 90.1. The van der Waals surface area contributed by atoms with Crippen LogP contribution in [-0.4, -0.2) is 39.5 Å². The number of allylic oxidation sites excluding steroid dienone is 2. The van der Waals surface area contributed by atoms with Crippen molar-refractivity contribution in [2.24, 2.45) is 0 Å². The molecule has 0 atom stereocenters. The number of hydrogen-bond acceptors (Lipinski definition) is 5. The predicted octanol–water partition coefficient (Wildman–Crippen LogP) is 26.9. The summed E-state index contributed by atoms with van der Waals surface area (Å²) in [4.78, 5) is 23.4. The standard InChI is InChI=1S/C25H21N2.C24H17N2.C20H15N2.C18H14N.C15H10N.C12H10N.C5H8O2.CH4.2Ir/c1-15-10-11-22-21(12-15)20-9-5-8-18-13-19-14-23(27(22)26(19)25(18)20)24-16(2)6-4-7-17(24)3;1-3-11-19-17(8-1)10-7-15-21(19)26-23-14-6-5-13-22(23)25-16-18-9-2-4-12-20(18)24(25)26;1-3-9-17-15(6-1)8-5-11-19(17)22-13-12-21-14-16-7-2-4-10-18(16)20(21)22;1-18(2)14-8-4-3-7-13(14)17-16-12(10-11-19-17)6-5-9-15(16)18;1-2-7-13(8-3-1)15-14-9-5-4-6-12(14)10-11-16-15;1-10-7-8-12(13-9-10)11-5-3-2-4-6-11;1-4(6)3-5(2)7;;;/h4-12,14H,13H2,1-3H3;1-15H,16H2;1-13H,14H2;3-6,8-11H,1-2H3;1-7,9-11H;2-5,7-9H,1H3;3,6H,1-2H3;1H4;;/q3*+1;3*-1;;;;. The Kier molecular flexibility index (Phi) is 26.2. The summed E-state index contributed by atoms with van der Waals surface area (Å²) in [5.41, 5.74) is 32.7. The fraction of sp³-hybridized carbons (Fsp3) is 0.108. The maximum atomic E-state index is 10.0. The van der Waals surface area contributed by atoms with Crippen molar-refractivity contribution in [2.75, 3.05) is 0 Å². The van der Waals surface area contributed by atoms with E-state index in [0.29, 0.717) is 0 Å². The average molecular weight is 2080 g/mol. The molecule has 3 aliphatic heterocycles. The third-order valence-corrected chi connectivity index (χ3v) is 25.3. The predicted molar refractivity (Wildman–Crippen MR) is 535 cm³/mol. The van der Waals surface area contributed by atoms with Crippen LogP contribution in [0.4, 0.5) is 0 Å². The molecule has 0 saturated heterocycles. The van der Waals surface area contributed by atoms with Crippen LogP contribution in [0.1, 0.15) is 90.9 Å². The molecule has 0 unspecified atom stereocenters. The van der Waals surface area contributed by atoms with Gasteiger partial charge in [-0.1, -0.05) is 250 Å². The molecule has 0 fully saturated rings. The number of carbonyl (C=O) groups is 1. The SMILES string of the molecule is C.CC(=O)C=C(C)O.CC1(C)c2ccc[c-]c2-c2nccc3cccc1c23.Cc1ccc(-c2[c-]cccc2)nc1.Cc1ccc2c(c1)c1cccc3c1n1c(cc(-c4c(C)cccc4C)[n+]21)C3.[Ir].[Ir].[c-]1ccccc1-c1nccc2ccccc12.c1ccc2c(c1)C[n+]1c-2n(-c2cccc3ccccc23)c2ccccc21.c1ccc2c(c1)C[n+]1ccn(-c3cccc4ccccc34)c1-2. The van der Waals surface area contributed by atoms with Crippen LogP contribution in [0, 0.1) is 45.9 Å². The number of aliphatic hydroxyl groups excluding tert-OH is 1. The number of aliphatic hydroxyl groups is 1. The van der Waals surface area contributed by atoms with Crippen molar-refractivity contribution in [3.05, 3.63) is 469 Å². The third-order valence-electron chi connectivity index (χ3n) is 25.3. The minimum atomic E-state index is -0.125. The summed E-state index contributed by atoms with van der Waals surface area (Å²) in [6.45, 7) is 18.0. The number of benzene rings is 15. The molecule has 4 aliphatic rings. The summed E-state index contributed by atoms with van der Waals surface area (Å²) < 4.78 is 14.4. The zero-order valence-corrected chi connectivity index (χ0v) is 79.4. The molecule has 13 heteroatoms. The fourth-order valence-corrected chi connectivity index (χ4v) is 19.4. The van der Waals surface area contributed by atoms with Gasteiger partial charge in [-0.05, 0) is 179 Å². The number of para-hydroxylation sites is 3. The molecule has 15 aromatic carbocycles. The van der Waals surface area contributed by atoms with Crippen LogP contribution in [0.2, 0.25) is 0 Å². The molecular formula is C120H99Ir2N9O2. The van der Waals surface area contributed by atoms with E-state index >= 15 is 0 Å². The number of pyridine rings is 3. The van der Waals surface area contributed by atoms with Gasteiger partial charge in [-0.15, -0.1) is 112 Å². The molecular weight excluding hydrogens is 1980 g/mol. The number of aryl methyl sites for hydroxylation is 4. The molecule has 654 valence electrons. The average Bonchev–Trinajstić information content (AvgIpc) is 1.29. The van der Waals surface area contributed by atoms with Crippen LogP contribution in [-0.2, 0) is 69.9 Å². The van der Waals surface area contributed by atoms with Crippen molar-refractivity contribution in [1.29, 1.82) is 0 Å². The van der Waals surface area contributed by atoms with Crippen molar-refractivity contribution < 1.29 is 63.8 Å². The summed E-state index contributed by atoms with van der Waals surface area (Å²) in [5, 5.41) is 21.1. The van der Waals surface area contributed by atoms with Gasteiger partial charge in [0.15, 0.2) is 16.8 Å². The maximum Gasteiger partial charge on any atom is 0.295 e. The van der Waals surface area contributed by atoms with Crippen LogP contribution < -0.4 is 13.6 Å². The first-order valence-corrected chi connectivity index (χ1v) is 44.3. The van der Waals surface area contributed by atoms with Gasteiger partial charge in [-0.25, -0.2) is 9.13 Å². The van der Waals surface area contributed by atoms with E-state index in [1.807, 2.05) is 104 Å². The molecule has 0 amide bonds. The Morgan fingerprint density at radius 2 is 1.02 bits per heavy atom. The summed E-state index contributed by atoms with van der Waals surface area (Å²) >= 11 is 0. The second-order valence-corrected chi connectivity index (χ2v) is 34.3. The Bertz CT molecular complexity index is 8130. The number of carbonyl (C=O) groups excluding carboxylic acids is 1. The van der Waals surface area contributed by atoms with Crippen LogP contribution in [0.15, 0.2) is 395 Å². The molecule has 26 rings (SSSR count). The zero-order chi connectivity index (χ0) is 88.7. The van der Waals surface area contributed by atoms with Gasteiger partial charge in [0.1, 0.15) is 42.4 Å². The van der Waals surface area contributed by atoms with Gasteiger partial charge in [-0.3, -0.25) is 4.79 Å². The molecule has 1 aliphatic carbocycles. The quantitative estimate of drug-likeness (QED) is 0.0587. The Hall–Kier alpha value is -14.8. The summed E-state index contributed by atoms with van der Waals surface area (Å²) in [5.74, 6) is 2.48. The van der Waals surface area contributed by atoms with E-state index in [-0.39, 0.29) is 64.6 Å². The number of rotatable bonds is 6. The topological polar surface area (TPSA) is 102 Å². The molecule has 0 saturated carbocycles. The summed E-state index contributed by atoms with van der Waals surface area (Å²) in [6, 6.07) is 134. The van der Waals surface area contributed by atoms with Crippen molar-refractivity contribution >= 4 is 81.7 Å². The fourth-order valence-electron chi connectivity index (χ4n) is 19.4. The zero-order valence-electron chi connectivity index (χ0n) is 74.6. The van der Waals surface area contributed by atoms with Crippen molar-refractivity contribution in [3.8, 4) is 79.2 Å². The minimum Gasteiger partial charge on any atom is -0.512 e. The smallest absolute Gasteiger partial charge is 0.295 e. The largest absolute Gasteiger partial charge is 0.512 e. The van der Waals surface area contributed by atoms with Crippen LogP contribution in [0.3, 0.4) is 0 Å². The van der Waals surface area contributed by atoms with E-state index in [2.05, 4.69) is 380 Å². The normalized spacial score (nSPS) is 12.1. The van der Waals surface area contributed by atoms with E-state index in [9.17, 15) is 4.79 Å². The third kappa shape index (κ3) is 17.3. The Labute approximate surface area is 803 Å². The Morgan fingerprint density at radius 3 is 1.71 bits per heavy atom. The van der Waals surface area contributed by atoms with E-state index in [1.54, 1.807) is 0 Å². The van der Waals surface area contributed by atoms with Crippen LogP contribution >= 0.6 is 0 Å². The molecule has 7 aromatic heterocycles. The summed E-state index contributed by atoms with van der Waals surface area (Å²) in [6.07, 6.45) is 12.1. The van der Waals surface area contributed by atoms with Gasteiger partial charge in [-0.2, -0.15) is 9.13 Å². The number of ketones is 1. The second kappa shape index (κ2) is 38.7. The number of hydrogen-bond donors (Lipinski definition) is 1. The molecule has 10 heterocycles. The van der Waals surface area contributed by atoms with Crippen molar-refractivity contribution in [3.63, 3.8) is 0 Å². The van der Waals surface area contributed by atoms with Gasteiger partial charge in [0.2, 0.25) is 11.2 Å². The monoisotopic (exact) mass is 2080 g/mol. The molecule has 11 nitrogen and oxygen atoms in total. The molecule has 0 spiro atoms. The molecule has 0 bridgehead atoms. The van der Waals surface area contributed by atoms with Crippen LogP contribution in [0.5, 0.6) is 0 Å². The van der Waals surface area contributed by atoms with E-state index in [1.165, 1.54) is 197 Å². The Balaban J connectivity index is 0.000000111. The number of fused-ring (bicyclic) bond motifs is 16. The van der Waals surface area contributed by atoms with E-state index in [4.69, 9.17) is 5.11 Å². The van der Waals surface area contributed by atoms with Gasteiger partial charge >= 0.3 is 0 Å². The summed E-state index contributed by atoms with van der Waals surface area (Å²) in [7, 11) is 0. The van der Waals surface area contributed by atoms with Gasteiger partial charge in [0, 0.05) is 111 Å². The minimum absolute atomic E-state index is 0. The van der Waals surface area contributed by atoms with E-state index < -0.39 is 0 Å². The van der Waals surface area contributed by atoms with Crippen LogP contribution in [0.25, 0.3) is 155 Å². The molecule has 1 N–H and O–H groups in total. The number of nitrogens with zero attached hydrogens (tertiary/aromatic N) is 9. The molecule has 22 aromatic rings. The molecule has 133 heavy (non-hydrogen) atoms. The molecule has 2 radical (unpaired) electrons. The number of aromatic nitrogens is 9. The van der Waals surface area contributed by atoms with E-state index in [0.717, 1.165) is 53.3 Å². The van der Waals surface area contributed by atoms with Crippen molar-refractivity contribution in [2.45, 2.75) is 87.7 Å². The van der Waals surface area contributed by atoms with Gasteiger partial charge in [0.05, 0.1) is 33.5 Å². The van der Waals surface area contributed by atoms with Gasteiger partial charge < -0.3 is 20.1 Å². The first-order valence-electron chi connectivity index (χ1n) is 44.3.